The van der Waals surface area contributed by atoms with Crippen LogP contribution in [0.25, 0.3) is 0 Å². The molecule has 10 heteroatoms. The molecule has 202 valence electrons. The Labute approximate surface area is 219 Å². The molecule has 0 saturated heterocycles. The number of hydrogen-bond donors (Lipinski definition) is 1. The van der Waals surface area contributed by atoms with E-state index in [4.69, 9.17) is 4.74 Å². The van der Waals surface area contributed by atoms with Gasteiger partial charge in [0, 0.05) is 18.2 Å². The van der Waals surface area contributed by atoms with Gasteiger partial charge in [0.05, 0.1) is 19.1 Å². The molecule has 0 fully saturated rings. The van der Waals surface area contributed by atoms with Gasteiger partial charge in [0.1, 0.15) is 18.3 Å². The van der Waals surface area contributed by atoms with Gasteiger partial charge < -0.3 is 15.0 Å². The zero-order valence-electron chi connectivity index (χ0n) is 22.4. The van der Waals surface area contributed by atoms with E-state index in [9.17, 15) is 22.8 Å². The number of ketones is 1. The first-order valence-electron chi connectivity index (χ1n) is 12.2. The standard InChI is InChI=1S/C27H37N3O6S/c1-7-19(3)28-27(33)25(8-2)29(17-21-11-9-14-24(15-21)36-5)26(32)18-30(37(6,34)35)23-13-10-12-22(16-23)20(4)31/h9-16,19,25H,7-8,17-18H2,1-6H3,(H,28,33)/t19-,25+/m0/s1. The zero-order chi connectivity index (χ0) is 27.8. The number of nitrogens with zero attached hydrogens (tertiary/aromatic N) is 2. The minimum Gasteiger partial charge on any atom is -0.497 e. The minimum atomic E-state index is -3.89. The Morgan fingerprint density at radius 3 is 2.27 bits per heavy atom. The summed E-state index contributed by atoms with van der Waals surface area (Å²) in [5.74, 6) is -0.486. The van der Waals surface area contributed by atoms with Crippen LogP contribution in [-0.4, -0.2) is 62.9 Å². The normalized spacial score (nSPS) is 12.8. The molecule has 1 N–H and O–H groups in total. The predicted molar refractivity (Wildman–Crippen MR) is 144 cm³/mol. The van der Waals surface area contributed by atoms with Gasteiger partial charge in [0.2, 0.25) is 21.8 Å². The summed E-state index contributed by atoms with van der Waals surface area (Å²) in [5, 5.41) is 2.93. The topological polar surface area (TPSA) is 113 Å². The van der Waals surface area contributed by atoms with Gasteiger partial charge in [-0.25, -0.2) is 8.42 Å². The Balaban J connectivity index is 2.49. The molecule has 0 spiro atoms. The van der Waals surface area contributed by atoms with E-state index in [2.05, 4.69) is 5.32 Å². The Kier molecular flexibility index (Phi) is 10.7. The Morgan fingerprint density at radius 2 is 1.70 bits per heavy atom. The number of hydrogen-bond acceptors (Lipinski definition) is 6. The lowest BCUT2D eigenvalue weighted by Gasteiger charge is -2.33. The first-order valence-corrected chi connectivity index (χ1v) is 14.1. The number of benzene rings is 2. The van der Waals surface area contributed by atoms with E-state index in [0.717, 1.165) is 22.5 Å². The molecule has 9 nitrogen and oxygen atoms in total. The molecule has 0 unspecified atom stereocenters. The second-order valence-corrected chi connectivity index (χ2v) is 10.9. The number of nitrogens with one attached hydrogen (secondary N) is 1. The van der Waals surface area contributed by atoms with Crippen molar-refractivity contribution in [3.63, 3.8) is 0 Å². The molecule has 0 radical (unpaired) electrons. The average Bonchev–Trinajstić information content (AvgIpc) is 2.86. The SMILES string of the molecule is CC[C@H](C(=O)N[C@@H](C)CC)N(Cc1cccc(OC)c1)C(=O)CN(c1cccc(C(C)=O)c1)S(C)(=O)=O. The molecule has 0 saturated carbocycles. The molecule has 0 aromatic heterocycles. The maximum atomic E-state index is 13.8. The fraction of sp³-hybridized carbons (Fsp3) is 0.444. The maximum Gasteiger partial charge on any atom is 0.244 e. The summed E-state index contributed by atoms with van der Waals surface area (Å²) in [6.45, 7) is 6.56. The van der Waals surface area contributed by atoms with Gasteiger partial charge in [-0.15, -0.1) is 0 Å². The van der Waals surface area contributed by atoms with Crippen LogP contribution in [0.15, 0.2) is 48.5 Å². The molecule has 0 bridgehead atoms. The van der Waals surface area contributed by atoms with Gasteiger partial charge in [0.25, 0.3) is 0 Å². The quantitative estimate of drug-likeness (QED) is 0.397. The molecular weight excluding hydrogens is 494 g/mol. The number of sulfonamides is 1. The third-order valence-corrected chi connectivity index (χ3v) is 7.23. The van der Waals surface area contributed by atoms with E-state index in [0.29, 0.717) is 17.7 Å². The molecule has 0 aliphatic rings. The monoisotopic (exact) mass is 531 g/mol. The molecule has 2 aromatic rings. The van der Waals surface area contributed by atoms with Gasteiger partial charge in [-0.1, -0.05) is 38.1 Å². The van der Waals surface area contributed by atoms with Crippen LogP contribution < -0.4 is 14.4 Å². The Hall–Kier alpha value is -3.40. The fourth-order valence-electron chi connectivity index (χ4n) is 3.82. The third kappa shape index (κ3) is 8.31. The van der Waals surface area contributed by atoms with Crippen molar-refractivity contribution in [1.82, 2.24) is 10.2 Å². The largest absolute Gasteiger partial charge is 0.497 e. The molecule has 0 aliphatic heterocycles. The highest BCUT2D eigenvalue weighted by molar-refractivity contribution is 7.92. The van der Waals surface area contributed by atoms with Crippen LogP contribution in [-0.2, 0) is 26.2 Å². The highest BCUT2D eigenvalue weighted by Gasteiger charge is 2.32. The van der Waals surface area contributed by atoms with Crippen molar-refractivity contribution in [1.29, 1.82) is 0 Å². The van der Waals surface area contributed by atoms with Crippen LogP contribution in [0, 0.1) is 0 Å². The van der Waals surface area contributed by atoms with Gasteiger partial charge >= 0.3 is 0 Å². The van der Waals surface area contributed by atoms with E-state index in [-0.39, 0.29) is 30.0 Å². The number of rotatable bonds is 13. The fourth-order valence-corrected chi connectivity index (χ4v) is 4.66. The highest BCUT2D eigenvalue weighted by atomic mass is 32.2. The average molecular weight is 532 g/mol. The molecule has 2 amide bonds. The number of carbonyl (C=O) groups is 3. The number of anilines is 1. The predicted octanol–water partition coefficient (Wildman–Crippen LogP) is 3.39. The number of carbonyl (C=O) groups excluding carboxylic acids is 3. The molecule has 37 heavy (non-hydrogen) atoms. The molecular formula is C27H37N3O6S. The molecule has 2 rings (SSSR count). The van der Waals surface area contributed by atoms with E-state index in [1.807, 2.05) is 19.9 Å². The molecule has 0 heterocycles. The van der Waals surface area contributed by atoms with Crippen molar-refractivity contribution in [2.24, 2.45) is 0 Å². The molecule has 2 atom stereocenters. The second kappa shape index (κ2) is 13.2. The summed E-state index contributed by atoms with van der Waals surface area (Å²) >= 11 is 0. The van der Waals surface area contributed by atoms with Crippen LogP contribution in [0.1, 0.15) is 56.5 Å². The van der Waals surface area contributed by atoms with Crippen LogP contribution in [0.3, 0.4) is 0 Å². The van der Waals surface area contributed by atoms with Crippen molar-refractivity contribution in [3.05, 3.63) is 59.7 Å². The van der Waals surface area contributed by atoms with Gasteiger partial charge in [-0.2, -0.15) is 0 Å². The first-order chi connectivity index (χ1) is 17.4. The van der Waals surface area contributed by atoms with Gasteiger partial charge in [-0.05, 0) is 56.5 Å². The van der Waals surface area contributed by atoms with Gasteiger partial charge in [-0.3, -0.25) is 18.7 Å². The Morgan fingerprint density at radius 1 is 1.03 bits per heavy atom. The summed E-state index contributed by atoms with van der Waals surface area (Å²) in [5.41, 5.74) is 1.25. The third-order valence-electron chi connectivity index (χ3n) is 6.09. The summed E-state index contributed by atoms with van der Waals surface area (Å²) in [4.78, 5) is 40.2. The summed E-state index contributed by atoms with van der Waals surface area (Å²) in [6.07, 6.45) is 2.05. The van der Waals surface area contributed by atoms with E-state index < -0.39 is 28.5 Å². The number of methoxy groups -OCH3 is 1. The zero-order valence-corrected chi connectivity index (χ0v) is 23.2. The summed E-state index contributed by atoms with van der Waals surface area (Å²) < 4.78 is 31.7. The van der Waals surface area contributed by atoms with Crippen LogP contribution >= 0.6 is 0 Å². The van der Waals surface area contributed by atoms with Crippen molar-refractivity contribution in [2.45, 2.75) is 59.2 Å². The minimum absolute atomic E-state index is 0.0769. The van der Waals surface area contributed by atoms with Gasteiger partial charge in [0.15, 0.2) is 5.78 Å². The number of ether oxygens (including phenoxy) is 1. The van der Waals surface area contributed by atoms with Crippen molar-refractivity contribution < 1.29 is 27.5 Å². The highest BCUT2D eigenvalue weighted by Crippen LogP contribution is 2.22. The smallest absolute Gasteiger partial charge is 0.244 e. The molecule has 2 aromatic carbocycles. The lowest BCUT2D eigenvalue weighted by molar-refractivity contribution is -0.140. The maximum absolute atomic E-state index is 13.8. The van der Waals surface area contributed by atoms with Crippen molar-refractivity contribution in [2.75, 3.05) is 24.2 Å². The van der Waals surface area contributed by atoms with E-state index >= 15 is 0 Å². The number of Topliss-reactive ketones (excluding diaryl/α,β-unsaturated/α-hetero) is 1. The van der Waals surface area contributed by atoms with E-state index in [1.165, 1.54) is 31.1 Å². The lowest BCUT2D eigenvalue weighted by atomic mass is 10.1. The van der Waals surface area contributed by atoms with Crippen molar-refractivity contribution in [3.8, 4) is 5.75 Å². The molecule has 0 aliphatic carbocycles. The van der Waals surface area contributed by atoms with Crippen LogP contribution in [0.4, 0.5) is 5.69 Å². The van der Waals surface area contributed by atoms with Crippen LogP contribution in [0.5, 0.6) is 5.75 Å². The lowest BCUT2D eigenvalue weighted by Crippen LogP contribution is -2.53. The van der Waals surface area contributed by atoms with E-state index in [1.54, 1.807) is 37.3 Å². The summed E-state index contributed by atoms with van der Waals surface area (Å²) in [7, 11) is -2.36. The Bertz CT molecular complexity index is 1210. The second-order valence-electron chi connectivity index (χ2n) is 8.99. The number of amides is 2. The van der Waals surface area contributed by atoms with Crippen molar-refractivity contribution >= 4 is 33.3 Å². The summed E-state index contributed by atoms with van der Waals surface area (Å²) in [6, 6.07) is 12.3. The first kappa shape index (κ1) is 29.8. The van der Waals surface area contributed by atoms with Crippen LogP contribution in [0.2, 0.25) is 0 Å².